The van der Waals surface area contributed by atoms with Gasteiger partial charge in [0.05, 0.1) is 13.2 Å². The van der Waals surface area contributed by atoms with Gasteiger partial charge in [0.25, 0.3) is 5.91 Å². The van der Waals surface area contributed by atoms with Crippen molar-refractivity contribution in [1.29, 1.82) is 0 Å². The number of nitrogens with one attached hydrogen (secondary N) is 1. The first-order valence-electron chi connectivity index (χ1n) is 7.30. The maximum Gasteiger partial charge on any atom is 0.273 e. The molecule has 0 spiro atoms. The maximum atomic E-state index is 12.0. The molecule has 0 radical (unpaired) electrons. The zero-order valence-corrected chi connectivity index (χ0v) is 11.8. The number of hydrogen-bond acceptors (Lipinski definition) is 5. The Morgan fingerprint density at radius 2 is 2.25 bits per heavy atom. The Hall–Kier alpha value is -1.40. The molecule has 1 amide bonds. The van der Waals surface area contributed by atoms with Crippen LogP contribution < -0.4 is 5.32 Å². The van der Waals surface area contributed by atoms with Gasteiger partial charge >= 0.3 is 0 Å². The fraction of sp³-hybridized carbons (Fsp3) is 0.714. The normalized spacial score (nSPS) is 21.6. The lowest BCUT2D eigenvalue weighted by Crippen LogP contribution is -2.47. The second-order valence-electron chi connectivity index (χ2n) is 5.60. The van der Waals surface area contributed by atoms with Crippen LogP contribution in [0.25, 0.3) is 0 Å². The number of morpholine rings is 1. The van der Waals surface area contributed by atoms with Crippen LogP contribution in [0.4, 0.5) is 0 Å². The Balaban J connectivity index is 1.47. The first kappa shape index (κ1) is 13.6. The van der Waals surface area contributed by atoms with E-state index in [4.69, 9.17) is 9.26 Å². The average molecular weight is 279 g/mol. The quantitative estimate of drug-likeness (QED) is 0.871. The number of ether oxygens (including phenoxy) is 1. The van der Waals surface area contributed by atoms with Gasteiger partial charge in [-0.1, -0.05) is 5.16 Å². The van der Waals surface area contributed by atoms with Crippen molar-refractivity contribution < 1.29 is 14.1 Å². The van der Waals surface area contributed by atoms with Crippen LogP contribution in [-0.4, -0.2) is 54.9 Å². The van der Waals surface area contributed by atoms with E-state index in [1.54, 1.807) is 6.07 Å². The van der Waals surface area contributed by atoms with Crippen LogP contribution in [-0.2, 0) is 4.74 Å². The van der Waals surface area contributed by atoms with Crippen molar-refractivity contribution >= 4 is 5.91 Å². The van der Waals surface area contributed by atoms with Crippen LogP contribution in [0.2, 0.25) is 0 Å². The van der Waals surface area contributed by atoms with Crippen molar-refractivity contribution in [2.24, 2.45) is 0 Å². The van der Waals surface area contributed by atoms with Gasteiger partial charge in [-0.15, -0.1) is 0 Å². The minimum Gasteiger partial charge on any atom is -0.379 e. The van der Waals surface area contributed by atoms with Gasteiger partial charge in [0.2, 0.25) is 0 Å². The van der Waals surface area contributed by atoms with Crippen molar-refractivity contribution in [3.8, 4) is 0 Å². The van der Waals surface area contributed by atoms with Crippen molar-refractivity contribution in [3.63, 3.8) is 0 Å². The molecule has 0 unspecified atom stereocenters. The van der Waals surface area contributed by atoms with Gasteiger partial charge in [0, 0.05) is 37.7 Å². The minimum atomic E-state index is -0.152. The van der Waals surface area contributed by atoms with E-state index in [-0.39, 0.29) is 5.91 Å². The molecule has 6 heteroatoms. The fourth-order valence-electron chi connectivity index (χ4n) is 2.43. The molecule has 0 bridgehead atoms. The Bertz CT molecular complexity index is 464. The van der Waals surface area contributed by atoms with Crippen LogP contribution in [0, 0.1) is 0 Å². The molecule has 20 heavy (non-hydrogen) atoms. The van der Waals surface area contributed by atoms with Crippen LogP contribution in [0.15, 0.2) is 10.6 Å². The summed E-state index contributed by atoms with van der Waals surface area (Å²) in [6.45, 7) is 6.12. The van der Waals surface area contributed by atoms with Crippen molar-refractivity contribution in [2.75, 3.05) is 32.8 Å². The molecule has 1 saturated heterocycles. The zero-order valence-electron chi connectivity index (χ0n) is 11.8. The average Bonchev–Trinajstić information content (AvgIpc) is 3.22. The molecular formula is C14H21N3O3. The van der Waals surface area contributed by atoms with Gasteiger partial charge in [-0.2, -0.15) is 0 Å². The lowest BCUT2D eigenvalue weighted by Gasteiger charge is -2.32. The molecule has 1 N–H and O–H groups in total. The summed E-state index contributed by atoms with van der Waals surface area (Å²) >= 11 is 0. The third kappa shape index (κ3) is 3.19. The van der Waals surface area contributed by atoms with Crippen LogP contribution in [0.1, 0.15) is 41.9 Å². The number of amides is 1. The molecule has 1 atom stereocenters. The molecule has 1 aromatic heterocycles. The predicted octanol–water partition coefficient (Wildman–Crippen LogP) is 1.00. The molecule has 1 aliphatic carbocycles. The van der Waals surface area contributed by atoms with Crippen molar-refractivity contribution in [2.45, 2.75) is 31.7 Å². The van der Waals surface area contributed by atoms with Crippen LogP contribution >= 0.6 is 0 Å². The molecule has 110 valence electrons. The summed E-state index contributed by atoms with van der Waals surface area (Å²) in [5.74, 6) is 1.17. The van der Waals surface area contributed by atoms with Gasteiger partial charge < -0.3 is 14.6 Å². The molecule has 2 fully saturated rings. The third-order valence-corrected chi connectivity index (χ3v) is 3.97. The summed E-state index contributed by atoms with van der Waals surface area (Å²) in [7, 11) is 0. The molecule has 1 saturated carbocycles. The molecule has 2 aliphatic rings. The molecule has 2 heterocycles. The van der Waals surface area contributed by atoms with Gasteiger partial charge in [-0.3, -0.25) is 9.69 Å². The number of carbonyl (C=O) groups excluding carboxylic acids is 1. The van der Waals surface area contributed by atoms with Gasteiger partial charge in [0.15, 0.2) is 5.69 Å². The monoisotopic (exact) mass is 279 g/mol. The third-order valence-electron chi connectivity index (χ3n) is 3.97. The summed E-state index contributed by atoms with van der Waals surface area (Å²) in [5, 5.41) is 6.77. The van der Waals surface area contributed by atoms with Crippen LogP contribution in [0.3, 0.4) is 0 Å². The smallest absolute Gasteiger partial charge is 0.273 e. The van der Waals surface area contributed by atoms with E-state index in [2.05, 4.69) is 22.3 Å². The highest BCUT2D eigenvalue weighted by Gasteiger charge is 2.29. The van der Waals surface area contributed by atoms with Crippen molar-refractivity contribution in [3.05, 3.63) is 17.5 Å². The molecule has 0 aromatic carbocycles. The van der Waals surface area contributed by atoms with Crippen LogP contribution in [0.5, 0.6) is 0 Å². The number of aromatic nitrogens is 1. The van der Waals surface area contributed by atoms with Gasteiger partial charge in [-0.05, 0) is 19.8 Å². The van der Waals surface area contributed by atoms with E-state index in [1.807, 2.05) is 0 Å². The van der Waals surface area contributed by atoms with E-state index < -0.39 is 0 Å². The largest absolute Gasteiger partial charge is 0.379 e. The molecule has 1 aliphatic heterocycles. The van der Waals surface area contributed by atoms with Crippen molar-refractivity contribution in [1.82, 2.24) is 15.4 Å². The highest BCUT2D eigenvalue weighted by molar-refractivity contribution is 5.92. The van der Waals surface area contributed by atoms with Gasteiger partial charge in [0.1, 0.15) is 5.76 Å². The SMILES string of the molecule is C[C@@H](CNC(=O)c1cc(C2CC2)on1)N1CCOCC1. The number of nitrogens with zero attached hydrogens (tertiary/aromatic N) is 2. The second-order valence-corrected chi connectivity index (χ2v) is 5.60. The predicted molar refractivity (Wildman–Crippen MR) is 72.7 cm³/mol. The topological polar surface area (TPSA) is 67.6 Å². The van der Waals surface area contributed by atoms with E-state index in [9.17, 15) is 4.79 Å². The highest BCUT2D eigenvalue weighted by atomic mass is 16.5. The first-order valence-corrected chi connectivity index (χ1v) is 7.30. The Kier molecular flexibility index (Phi) is 4.03. The maximum absolute atomic E-state index is 12.0. The molecule has 3 rings (SSSR count). The lowest BCUT2D eigenvalue weighted by atomic mass is 10.2. The van der Waals surface area contributed by atoms with E-state index in [1.165, 1.54) is 0 Å². The first-order chi connectivity index (χ1) is 9.74. The molecule has 6 nitrogen and oxygen atoms in total. The second kappa shape index (κ2) is 5.93. The lowest BCUT2D eigenvalue weighted by molar-refractivity contribution is 0.0204. The summed E-state index contributed by atoms with van der Waals surface area (Å²) in [4.78, 5) is 14.3. The van der Waals surface area contributed by atoms with E-state index in [0.717, 1.165) is 44.9 Å². The summed E-state index contributed by atoms with van der Waals surface area (Å²) in [6.07, 6.45) is 2.29. The number of carbonyl (C=O) groups is 1. The Morgan fingerprint density at radius 3 is 2.95 bits per heavy atom. The fourth-order valence-corrected chi connectivity index (χ4v) is 2.43. The molecular weight excluding hydrogens is 258 g/mol. The Morgan fingerprint density at radius 1 is 1.50 bits per heavy atom. The highest BCUT2D eigenvalue weighted by Crippen LogP contribution is 2.40. The van der Waals surface area contributed by atoms with E-state index >= 15 is 0 Å². The Labute approximate surface area is 118 Å². The number of hydrogen-bond donors (Lipinski definition) is 1. The number of rotatable bonds is 5. The molecule has 1 aromatic rings. The summed E-state index contributed by atoms with van der Waals surface area (Å²) in [6, 6.07) is 2.07. The van der Waals surface area contributed by atoms with E-state index in [0.29, 0.717) is 24.2 Å². The van der Waals surface area contributed by atoms with Gasteiger partial charge in [-0.25, -0.2) is 0 Å². The minimum absolute atomic E-state index is 0.152. The summed E-state index contributed by atoms with van der Waals surface area (Å²) in [5.41, 5.74) is 0.390. The summed E-state index contributed by atoms with van der Waals surface area (Å²) < 4.78 is 10.5. The standard InChI is InChI=1S/C14H21N3O3/c1-10(17-4-6-19-7-5-17)9-15-14(18)12-8-13(20-16-12)11-2-3-11/h8,10-11H,2-7,9H2,1H3,(H,15,18)/t10-/m0/s1. The zero-order chi connectivity index (χ0) is 13.9.